The minimum Gasteiger partial charge on any atom is -0.423 e. The Morgan fingerprint density at radius 2 is 2.12 bits per heavy atom. The zero-order valence-corrected chi connectivity index (χ0v) is 14.5. The van der Waals surface area contributed by atoms with E-state index in [2.05, 4.69) is 27.8 Å². The molecule has 2 heterocycles. The van der Waals surface area contributed by atoms with Crippen molar-refractivity contribution in [2.75, 3.05) is 0 Å². The number of hydrogen-bond donors (Lipinski definition) is 2. The summed E-state index contributed by atoms with van der Waals surface area (Å²) < 4.78 is 6.26. The van der Waals surface area contributed by atoms with E-state index in [1.54, 1.807) is 0 Å². The van der Waals surface area contributed by atoms with Crippen molar-refractivity contribution in [3.63, 3.8) is 0 Å². The average molecular weight is 359 g/mol. The largest absolute Gasteiger partial charge is 0.423 e. The molecule has 3 rings (SSSR count). The smallest absolute Gasteiger partial charge is 0.321 e. The van der Waals surface area contributed by atoms with Gasteiger partial charge in [-0.05, 0) is 24.8 Å². The summed E-state index contributed by atoms with van der Waals surface area (Å²) in [4.78, 5) is 36.1. The zero-order valence-electron chi connectivity index (χ0n) is 14.5. The Morgan fingerprint density at radius 3 is 2.85 bits per heavy atom. The summed E-state index contributed by atoms with van der Waals surface area (Å²) in [5.41, 5.74) is 0.139. The Labute approximate surface area is 149 Å². The Balaban J connectivity index is 1.60. The van der Waals surface area contributed by atoms with Gasteiger partial charge < -0.3 is 14.3 Å². The molecule has 9 heteroatoms. The fraction of sp³-hybridized carbons (Fsp3) is 0.471. The highest BCUT2D eigenvalue weighted by atomic mass is 16.4. The summed E-state index contributed by atoms with van der Waals surface area (Å²) in [6.07, 6.45) is 6.83. The summed E-state index contributed by atoms with van der Waals surface area (Å²) >= 11 is 0. The lowest BCUT2D eigenvalue weighted by atomic mass is 9.86. The molecule has 2 aromatic rings. The van der Waals surface area contributed by atoms with Crippen molar-refractivity contribution in [1.29, 1.82) is 0 Å². The molecule has 1 saturated carbocycles. The first-order valence-electron chi connectivity index (χ1n) is 8.60. The fourth-order valence-electron chi connectivity index (χ4n) is 3.14. The van der Waals surface area contributed by atoms with E-state index in [1.807, 2.05) is 0 Å². The number of carbonyl (C=O) groups is 2. The molecule has 0 aromatic carbocycles. The highest BCUT2D eigenvalue weighted by molar-refractivity contribution is 5.94. The van der Waals surface area contributed by atoms with Crippen molar-refractivity contribution in [2.45, 2.75) is 45.2 Å². The SMILES string of the molecule is CC1CCCCC1NC(=O)NC(=O)Cn1cc(-c2nnco2)ccc1=O. The number of carbonyl (C=O) groups excluding carboxylic acids is 2. The predicted molar refractivity (Wildman–Crippen MR) is 92.1 cm³/mol. The highest BCUT2D eigenvalue weighted by Gasteiger charge is 2.23. The van der Waals surface area contributed by atoms with E-state index in [0.717, 1.165) is 19.3 Å². The molecular formula is C17H21N5O4. The first kappa shape index (κ1) is 17.8. The van der Waals surface area contributed by atoms with Gasteiger partial charge in [-0.2, -0.15) is 0 Å². The van der Waals surface area contributed by atoms with Crippen molar-refractivity contribution in [3.8, 4) is 11.5 Å². The first-order chi connectivity index (χ1) is 12.5. The first-order valence-corrected chi connectivity index (χ1v) is 8.60. The van der Waals surface area contributed by atoms with Gasteiger partial charge in [-0.25, -0.2) is 4.79 Å². The molecule has 0 spiro atoms. The van der Waals surface area contributed by atoms with Crippen LogP contribution in [0, 0.1) is 5.92 Å². The van der Waals surface area contributed by atoms with Gasteiger partial charge >= 0.3 is 6.03 Å². The second-order valence-electron chi connectivity index (χ2n) is 6.52. The average Bonchev–Trinajstić information content (AvgIpc) is 3.13. The number of rotatable bonds is 4. The summed E-state index contributed by atoms with van der Waals surface area (Å²) in [7, 11) is 0. The van der Waals surface area contributed by atoms with Crippen LogP contribution < -0.4 is 16.2 Å². The second kappa shape index (κ2) is 7.94. The van der Waals surface area contributed by atoms with Crippen molar-refractivity contribution in [2.24, 2.45) is 5.92 Å². The third kappa shape index (κ3) is 4.35. The van der Waals surface area contributed by atoms with E-state index < -0.39 is 11.9 Å². The number of nitrogens with zero attached hydrogens (tertiary/aromatic N) is 3. The Hall–Kier alpha value is -2.97. The van der Waals surface area contributed by atoms with Crippen LogP contribution in [0.5, 0.6) is 0 Å². The summed E-state index contributed by atoms with van der Waals surface area (Å²) in [5.74, 6) is 0.0530. The molecule has 2 N–H and O–H groups in total. The van der Waals surface area contributed by atoms with Gasteiger partial charge in [0.15, 0.2) is 0 Å². The van der Waals surface area contributed by atoms with Gasteiger partial charge in [0.05, 0.1) is 5.56 Å². The van der Waals surface area contributed by atoms with Crippen LogP contribution in [0.2, 0.25) is 0 Å². The molecule has 0 bridgehead atoms. The summed E-state index contributed by atoms with van der Waals surface area (Å²) in [6, 6.07) is 2.37. The topological polar surface area (TPSA) is 119 Å². The maximum absolute atomic E-state index is 12.1. The molecule has 3 amide bonds. The van der Waals surface area contributed by atoms with Crippen LogP contribution in [0.3, 0.4) is 0 Å². The quantitative estimate of drug-likeness (QED) is 0.849. The number of aromatic nitrogens is 3. The van der Waals surface area contributed by atoms with E-state index in [9.17, 15) is 14.4 Å². The van der Waals surface area contributed by atoms with Crippen molar-refractivity contribution in [3.05, 3.63) is 35.1 Å². The number of imide groups is 1. The number of pyridine rings is 1. The van der Waals surface area contributed by atoms with E-state index in [-0.39, 0.29) is 24.0 Å². The van der Waals surface area contributed by atoms with Gasteiger partial charge in [-0.3, -0.25) is 14.9 Å². The van der Waals surface area contributed by atoms with Gasteiger partial charge in [-0.1, -0.05) is 19.8 Å². The second-order valence-corrected chi connectivity index (χ2v) is 6.52. The molecule has 2 atom stereocenters. The maximum atomic E-state index is 12.1. The predicted octanol–water partition coefficient (Wildman–Crippen LogP) is 1.30. The van der Waals surface area contributed by atoms with Gasteiger partial charge in [-0.15, -0.1) is 10.2 Å². The standard InChI is InChI=1S/C17H21N5O4/c1-11-4-2-3-5-13(11)19-17(25)20-14(23)9-22-8-12(6-7-15(22)24)16-21-18-10-26-16/h6-8,10-11,13H,2-5,9H2,1H3,(H2,19,20,23,25). The number of hydrogen-bond acceptors (Lipinski definition) is 6. The van der Waals surface area contributed by atoms with E-state index in [4.69, 9.17) is 4.42 Å². The molecule has 2 unspecified atom stereocenters. The molecule has 138 valence electrons. The van der Waals surface area contributed by atoms with Gasteiger partial charge in [0, 0.05) is 18.3 Å². The van der Waals surface area contributed by atoms with Gasteiger partial charge in [0.2, 0.25) is 18.2 Å². The Bertz CT molecular complexity index is 830. The molecule has 1 aliphatic rings. The third-order valence-electron chi connectivity index (χ3n) is 4.59. The minimum absolute atomic E-state index is 0.0696. The zero-order chi connectivity index (χ0) is 18.5. The molecule has 0 saturated heterocycles. The van der Waals surface area contributed by atoms with Crippen LogP contribution >= 0.6 is 0 Å². The van der Waals surface area contributed by atoms with Crippen LogP contribution in [0.1, 0.15) is 32.6 Å². The number of urea groups is 1. The maximum Gasteiger partial charge on any atom is 0.321 e. The lowest BCUT2D eigenvalue weighted by Gasteiger charge is -2.29. The van der Waals surface area contributed by atoms with Crippen LogP contribution in [-0.4, -0.2) is 32.7 Å². The van der Waals surface area contributed by atoms with Crippen molar-refractivity contribution < 1.29 is 14.0 Å². The monoisotopic (exact) mass is 359 g/mol. The van der Waals surface area contributed by atoms with Gasteiger partial charge in [0.25, 0.3) is 5.56 Å². The number of nitrogens with one attached hydrogen (secondary N) is 2. The van der Waals surface area contributed by atoms with Crippen LogP contribution in [-0.2, 0) is 11.3 Å². The van der Waals surface area contributed by atoms with Crippen LogP contribution in [0.4, 0.5) is 4.79 Å². The van der Waals surface area contributed by atoms with Crippen molar-refractivity contribution >= 4 is 11.9 Å². The van der Waals surface area contributed by atoms with Crippen LogP contribution in [0.15, 0.2) is 33.9 Å². The highest BCUT2D eigenvalue weighted by Crippen LogP contribution is 2.23. The lowest BCUT2D eigenvalue weighted by Crippen LogP contribution is -2.48. The molecule has 1 fully saturated rings. The molecule has 0 radical (unpaired) electrons. The lowest BCUT2D eigenvalue weighted by molar-refractivity contribution is -0.120. The summed E-state index contributed by atoms with van der Waals surface area (Å²) in [5, 5.41) is 12.5. The molecular weight excluding hydrogens is 338 g/mol. The fourth-order valence-corrected chi connectivity index (χ4v) is 3.14. The number of amides is 3. The Morgan fingerprint density at radius 1 is 1.31 bits per heavy atom. The van der Waals surface area contributed by atoms with E-state index in [1.165, 1.54) is 35.7 Å². The van der Waals surface area contributed by atoms with Gasteiger partial charge in [0.1, 0.15) is 6.54 Å². The van der Waals surface area contributed by atoms with Crippen molar-refractivity contribution in [1.82, 2.24) is 25.4 Å². The summed E-state index contributed by atoms with van der Waals surface area (Å²) in [6.45, 7) is 1.81. The third-order valence-corrected chi connectivity index (χ3v) is 4.59. The van der Waals surface area contributed by atoms with E-state index >= 15 is 0 Å². The molecule has 0 aliphatic heterocycles. The molecule has 2 aromatic heterocycles. The Kier molecular flexibility index (Phi) is 5.45. The van der Waals surface area contributed by atoms with E-state index in [0.29, 0.717) is 11.5 Å². The minimum atomic E-state index is -0.573. The normalized spacial score (nSPS) is 19.7. The molecule has 9 nitrogen and oxygen atoms in total. The van der Waals surface area contributed by atoms with Crippen LogP contribution in [0.25, 0.3) is 11.5 Å². The molecule has 1 aliphatic carbocycles. The molecule has 26 heavy (non-hydrogen) atoms.